The van der Waals surface area contributed by atoms with Gasteiger partial charge in [-0.1, -0.05) is 26.8 Å². The Morgan fingerprint density at radius 2 is 2.07 bits per heavy atom. The number of rotatable bonds is 4. The number of piperidine rings is 1. The molecule has 1 unspecified atom stereocenters. The summed E-state index contributed by atoms with van der Waals surface area (Å²) in [7, 11) is 1.93. The summed E-state index contributed by atoms with van der Waals surface area (Å²) in [5.74, 6) is 1.81. The third-order valence-electron chi connectivity index (χ3n) is 5.11. The minimum absolute atomic E-state index is 0.127. The van der Waals surface area contributed by atoms with Crippen LogP contribution in [0.5, 0.6) is 0 Å². The molecule has 1 saturated heterocycles. The molecule has 0 bridgehead atoms. The van der Waals surface area contributed by atoms with E-state index in [1.54, 1.807) is 6.20 Å². The Morgan fingerprint density at radius 1 is 1.21 bits per heavy atom. The summed E-state index contributed by atoms with van der Waals surface area (Å²) in [5.41, 5.74) is 1.72. The van der Waals surface area contributed by atoms with Crippen molar-refractivity contribution in [3.63, 3.8) is 0 Å². The van der Waals surface area contributed by atoms with Gasteiger partial charge in [0, 0.05) is 31.7 Å². The van der Waals surface area contributed by atoms with Crippen LogP contribution in [0.3, 0.4) is 0 Å². The van der Waals surface area contributed by atoms with Gasteiger partial charge in [-0.05, 0) is 25.0 Å². The zero-order valence-electron chi connectivity index (χ0n) is 17.1. The van der Waals surface area contributed by atoms with Crippen LogP contribution in [0.25, 0.3) is 11.0 Å². The van der Waals surface area contributed by atoms with E-state index in [1.807, 2.05) is 36.1 Å². The Hall–Kier alpha value is -2.54. The van der Waals surface area contributed by atoms with Crippen LogP contribution in [0.2, 0.25) is 0 Å². The van der Waals surface area contributed by atoms with Crippen molar-refractivity contribution in [3.8, 4) is 0 Å². The van der Waals surface area contributed by atoms with E-state index in [2.05, 4.69) is 35.8 Å². The summed E-state index contributed by atoms with van der Waals surface area (Å²) in [6.07, 6.45) is 5.96. The van der Waals surface area contributed by atoms with Crippen LogP contribution in [-0.4, -0.2) is 43.9 Å². The second-order valence-electron chi connectivity index (χ2n) is 8.47. The van der Waals surface area contributed by atoms with E-state index < -0.39 is 0 Å². The molecule has 0 aliphatic carbocycles. The quantitative estimate of drug-likeness (QED) is 0.692. The molecule has 0 saturated carbocycles. The number of ether oxygens (including phenoxy) is 1. The highest BCUT2D eigenvalue weighted by atomic mass is 16.5. The maximum absolute atomic E-state index is 6.17. The van der Waals surface area contributed by atoms with Crippen molar-refractivity contribution >= 4 is 16.9 Å². The fraction of sp³-hybridized carbons (Fsp3) is 0.524. The highest BCUT2D eigenvalue weighted by molar-refractivity contribution is 5.87. The SMILES string of the molecule is Cn1ncc2c(N3CCCC(OCc4ccccn4)C3)nc(C(C)(C)C)nc21. The molecule has 1 atom stereocenters. The molecule has 4 heterocycles. The third kappa shape index (κ3) is 3.85. The molecular weight excluding hydrogens is 352 g/mol. The van der Waals surface area contributed by atoms with Gasteiger partial charge in [-0.25, -0.2) is 9.97 Å². The summed E-state index contributed by atoms with van der Waals surface area (Å²) >= 11 is 0. The molecule has 3 aromatic heterocycles. The number of nitrogens with zero attached hydrogens (tertiary/aromatic N) is 6. The molecule has 28 heavy (non-hydrogen) atoms. The zero-order chi connectivity index (χ0) is 19.7. The van der Waals surface area contributed by atoms with E-state index in [1.165, 1.54) is 0 Å². The largest absolute Gasteiger partial charge is 0.370 e. The molecule has 1 aliphatic rings. The van der Waals surface area contributed by atoms with Gasteiger partial charge in [-0.3, -0.25) is 9.67 Å². The van der Waals surface area contributed by atoms with Gasteiger partial charge < -0.3 is 9.64 Å². The van der Waals surface area contributed by atoms with Crippen molar-refractivity contribution in [2.75, 3.05) is 18.0 Å². The smallest absolute Gasteiger partial charge is 0.163 e. The third-order valence-corrected chi connectivity index (χ3v) is 5.11. The van der Waals surface area contributed by atoms with Crippen molar-refractivity contribution in [3.05, 3.63) is 42.1 Å². The number of pyridine rings is 1. The predicted molar refractivity (Wildman–Crippen MR) is 109 cm³/mol. The molecule has 0 aromatic carbocycles. The Bertz CT molecular complexity index is 947. The van der Waals surface area contributed by atoms with Crippen molar-refractivity contribution in [1.82, 2.24) is 24.7 Å². The number of aromatic nitrogens is 5. The minimum Gasteiger partial charge on any atom is -0.370 e. The lowest BCUT2D eigenvalue weighted by atomic mass is 9.95. The molecule has 7 heteroatoms. The Balaban J connectivity index is 1.58. The maximum Gasteiger partial charge on any atom is 0.163 e. The van der Waals surface area contributed by atoms with Gasteiger partial charge in [0.05, 0.1) is 30.0 Å². The van der Waals surface area contributed by atoms with E-state index >= 15 is 0 Å². The first-order valence-electron chi connectivity index (χ1n) is 9.88. The molecule has 0 radical (unpaired) electrons. The van der Waals surface area contributed by atoms with Gasteiger partial charge in [-0.2, -0.15) is 5.10 Å². The summed E-state index contributed by atoms with van der Waals surface area (Å²) in [4.78, 5) is 16.4. The molecule has 148 valence electrons. The van der Waals surface area contributed by atoms with Crippen LogP contribution in [0.1, 0.15) is 45.1 Å². The normalized spacial score (nSPS) is 18.0. The van der Waals surface area contributed by atoms with E-state index in [9.17, 15) is 0 Å². The number of hydrogen-bond donors (Lipinski definition) is 0. The zero-order valence-corrected chi connectivity index (χ0v) is 17.1. The second kappa shape index (κ2) is 7.47. The lowest BCUT2D eigenvalue weighted by Crippen LogP contribution is -2.40. The maximum atomic E-state index is 6.17. The first-order valence-corrected chi connectivity index (χ1v) is 9.88. The minimum atomic E-state index is -0.127. The van der Waals surface area contributed by atoms with Crippen LogP contribution >= 0.6 is 0 Å². The second-order valence-corrected chi connectivity index (χ2v) is 8.47. The average molecular weight is 380 g/mol. The topological polar surface area (TPSA) is 69.0 Å². The van der Waals surface area contributed by atoms with E-state index in [0.717, 1.165) is 54.3 Å². The summed E-state index contributed by atoms with van der Waals surface area (Å²) in [6.45, 7) is 8.75. The summed E-state index contributed by atoms with van der Waals surface area (Å²) in [5, 5.41) is 5.42. The Labute approximate surface area is 165 Å². The summed E-state index contributed by atoms with van der Waals surface area (Å²) in [6, 6.07) is 5.92. The fourth-order valence-corrected chi connectivity index (χ4v) is 3.54. The molecule has 0 N–H and O–H groups in total. The molecular formula is C21H28N6O. The average Bonchev–Trinajstić information content (AvgIpc) is 3.07. The van der Waals surface area contributed by atoms with Gasteiger partial charge in [0.1, 0.15) is 11.6 Å². The van der Waals surface area contributed by atoms with Gasteiger partial charge in [0.15, 0.2) is 5.65 Å². The number of hydrogen-bond acceptors (Lipinski definition) is 6. The standard InChI is InChI=1S/C21H28N6O/c1-21(2,3)20-24-18-17(12-23-26(18)4)19(25-20)27-11-7-9-16(13-27)28-14-15-8-5-6-10-22-15/h5-6,8,10,12,16H,7,9,11,13-14H2,1-4H3. The van der Waals surface area contributed by atoms with Gasteiger partial charge in [0.2, 0.25) is 0 Å². The van der Waals surface area contributed by atoms with Crippen molar-refractivity contribution < 1.29 is 4.74 Å². The van der Waals surface area contributed by atoms with Gasteiger partial charge >= 0.3 is 0 Å². The Kier molecular flexibility index (Phi) is 5.02. The first-order chi connectivity index (χ1) is 13.4. The molecule has 1 aliphatic heterocycles. The molecule has 7 nitrogen and oxygen atoms in total. The molecule has 3 aromatic rings. The monoisotopic (exact) mass is 380 g/mol. The molecule has 0 spiro atoms. The molecule has 0 amide bonds. The van der Waals surface area contributed by atoms with Crippen LogP contribution in [0.15, 0.2) is 30.6 Å². The highest BCUT2D eigenvalue weighted by Gasteiger charge is 2.27. The predicted octanol–water partition coefficient (Wildman–Crippen LogP) is 3.24. The van der Waals surface area contributed by atoms with Gasteiger partial charge in [0.25, 0.3) is 0 Å². The van der Waals surface area contributed by atoms with Crippen LogP contribution in [0.4, 0.5) is 5.82 Å². The highest BCUT2D eigenvalue weighted by Crippen LogP contribution is 2.30. The van der Waals surface area contributed by atoms with E-state index in [-0.39, 0.29) is 11.5 Å². The molecule has 1 fully saturated rings. The number of fused-ring (bicyclic) bond motifs is 1. The van der Waals surface area contributed by atoms with Crippen molar-refractivity contribution in [2.24, 2.45) is 7.05 Å². The summed E-state index contributed by atoms with van der Waals surface area (Å²) < 4.78 is 8.00. The van der Waals surface area contributed by atoms with Crippen LogP contribution < -0.4 is 4.90 Å². The number of anilines is 1. The first kappa shape index (κ1) is 18.8. The Morgan fingerprint density at radius 3 is 2.82 bits per heavy atom. The van der Waals surface area contributed by atoms with Gasteiger partial charge in [-0.15, -0.1) is 0 Å². The van der Waals surface area contributed by atoms with Crippen LogP contribution in [-0.2, 0) is 23.8 Å². The molecule has 4 rings (SSSR count). The van der Waals surface area contributed by atoms with Crippen LogP contribution in [0, 0.1) is 0 Å². The van der Waals surface area contributed by atoms with E-state index in [0.29, 0.717) is 6.61 Å². The lowest BCUT2D eigenvalue weighted by Gasteiger charge is -2.34. The van der Waals surface area contributed by atoms with Crippen molar-refractivity contribution in [1.29, 1.82) is 0 Å². The van der Waals surface area contributed by atoms with Crippen molar-refractivity contribution in [2.45, 2.75) is 51.7 Å². The number of aryl methyl sites for hydroxylation is 1. The lowest BCUT2D eigenvalue weighted by molar-refractivity contribution is 0.0297. The van der Waals surface area contributed by atoms with E-state index in [4.69, 9.17) is 14.7 Å². The fourth-order valence-electron chi connectivity index (χ4n) is 3.54.